The monoisotopic (exact) mass is 245 g/mol. The van der Waals surface area contributed by atoms with Gasteiger partial charge in [0.25, 0.3) is 0 Å². The van der Waals surface area contributed by atoms with Gasteiger partial charge in [0, 0.05) is 6.26 Å². The van der Waals surface area contributed by atoms with Crippen LogP contribution in [-0.4, -0.2) is 27.0 Å². The van der Waals surface area contributed by atoms with Gasteiger partial charge in [0.2, 0.25) is 0 Å². The number of hydrogen-bond donors (Lipinski definition) is 1. The summed E-state index contributed by atoms with van der Waals surface area (Å²) < 4.78 is 27.2. The molecule has 4 nitrogen and oxygen atoms in total. The lowest BCUT2D eigenvalue weighted by atomic mass is 10.1. The molecule has 0 bridgehead atoms. The van der Waals surface area contributed by atoms with E-state index in [1.807, 2.05) is 12.1 Å². The van der Waals surface area contributed by atoms with E-state index in [2.05, 4.69) is 12.2 Å². The summed E-state index contributed by atoms with van der Waals surface area (Å²) in [7, 11) is -2.85. The molecule has 1 aromatic rings. The molecule has 0 aromatic carbocycles. The molecule has 1 aromatic heterocycles. The topological polar surface area (TPSA) is 59.3 Å². The van der Waals surface area contributed by atoms with Gasteiger partial charge in [-0.3, -0.25) is 0 Å². The molecule has 0 saturated heterocycles. The van der Waals surface area contributed by atoms with Crippen molar-refractivity contribution < 1.29 is 12.8 Å². The Morgan fingerprint density at radius 1 is 1.50 bits per heavy atom. The second-order valence-electron chi connectivity index (χ2n) is 3.91. The van der Waals surface area contributed by atoms with E-state index >= 15 is 0 Å². The summed E-state index contributed by atoms with van der Waals surface area (Å²) in [5.41, 5.74) is 0. The summed E-state index contributed by atoms with van der Waals surface area (Å²) in [6, 6.07) is 3.96. The van der Waals surface area contributed by atoms with Gasteiger partial charge in [-0.05, 0) is 31.5 Å². The highest BCUT2D eigenvalue weighted by Gasteiger charge is 2.11. The van der Waals surface area contributed by atoms with Crippen LogP contribution in [0.2, 0.25) is 0 Å². The van der Waals surface area contributed by atoms with Crippen LogP contribution in [0.3, 0.4) is 0 Å². The summed E-state index contributed by atoms with van der Waals surface area (Å²) in [5.74, 6) is 1.14. The number of sulfone groups is 1. The molecule has 0 spiro atoms. The zero-order valence-electron chi connectivity index (χ0n) is 9.77. The molecule has 0 saturated carbocycles. The highest BCUT2D eigenvalue weighted by Crippen LogP contribution is 2.16. The average molecular weight is 245 g/mol. The first kappa shape index (κ1) is 13.3. The minimum Gasteiger partial charge on any atom is -0.468 e. The Hall–Kier alpha value is -0.810. The van der Waals surface area contributed by atoms with E-state index in [0.29, 0.717) is 13.0 Å². The van der Waals surface area contributed by atoms with Crippen molar-refractivity contribution in [1.82, 2.24) is 5.32 Å². The van der Waals surface area contributed by atoms with E-state index < -0.39 is 9.84 Å². The first-order chi connectivity index (χ1) is 7.53. The first-order valence-electron chi connectivity index (χ1n) is 5.47. The van der Waals surface area contributed by atoms with Gasteiger partial charge in [0.15, 0.2) is 0 Å². The van der Waals surface area contributed by atoms with Gasteiger partial charge in [0.1, 0.15) is 15.6 Å². The molecule has 0 aliphatic rings. The molecular weight excluding hydrogens is 226 g/mol. The highest BCUT2D eigenvalue weighted by molar-refractivity contribution is 7.90. The zero-order chi connectivity index (χ0) is 12.0. The second-order valence-corrected chi connectivity index (χ2v) is 6.17. The largest absolute Gasteiger partial charge is 0.468 e. The second kappa shape index (κ2) is 6.06. The summed E-state index contributed by atoms with van der Waals surface area (Å²) in [6.45, 7) is 2.75. The number of furan rings is 1. The van der Waals surface area contributed by atoms with E-state index in [9.17, 15) is 8.42 Å². The fraction of sp³-hybridized carbons (Fsp3) is 0.636. The van der Waals surface area contributed by atoms with Gasteiger partial charge in [-0.15, -0.1) is 0 Å². The molecule has 0 radical (unpaired) electrons. The van der Waals surface area contributed by atoms with Gasteiger partial charge < -0.3 is 9.73 Å². The average Bonchev–Trinajstić information content (AvgIpc) is 2.69. The van der Waals surface area contributed by atoms with Crippen LogP contribution in [0, 0.1) is 0 Å². The predicted molar refractivity (Wildman–Crippen MR) is 64.1 cm³/mol. The van der Waals surface area contributed by atoms with E-state index in [1.54, 1.807) is 6.26 Å². The van der Waals surface area contributed by atoms with Crippen molar-refractivity contribution in [2.45, 2.75) is 25.8 Å². The van der Waals surface area contributed by atoms with Crippen LogP contribution in [0.4, 0.5) is 0 Å². The smallest absolute Gasteiger partial charge is 0.147 e. The molecule has 1 rings (SSSR count). The van der Waals surface area contributed by atoms with Crippen molar-refractivity contribution in [3.05, 3.63) is 24.2 Å². The molecular formula is C11H19NO3S. The SMILES string of the molecule is CCC(NCCCS(C)(=O)=O)c1ccco1. The molecule has 1 atom stereocenters. The Balaban J connectivity index is 2.31. The Morgan fingerprint density at radius 3 is 2.75 bits per heavy atom. The Bertz CT molecular complexity index is 383. The molecule has 0 amide bonds. The molecule has 0 aliphatic heterocycles. The summed E-state index contributed by atoms with van der Waals surface area (Å²) in [5, 5.41) is 3.29. The third-order valence-corrected chi connectivity index (χ3v) is 3.41. The van der Waals surface area contributed by atoms with Crippen LogP contribution in [0.25, 0.3) is 0 Å². The zero-order valence-corrected chi connectivity index (χ0v) is 10.6. The molecule has 1 unspecified atom stereocenters. The Kier molecular flexibility index (Phi) is 5.02. The molecule has 0 aliphatic carbocycles. The van der Waals surface area contributed by atoms with Crippen molar-refractivity contribution in [1.29, 1.82) is 0 Å². The lowest BCUT2D eigenvalue weighted by molar-refractivity contribution is 0.405. The molecule has 0 fully saturated rings. The van der Waals surface area contributed by atoms with Gasteiger partial charge >= 0.3 is 0 Å². The van der Waals surface area contributed by atoms with Crippen molar-refractivity contribution in [3.63, 3.8) is 0 Å². The third-order valence-electron chi connectivity index (χ3n) is 2.38. The van der Waals surface area contributed by atoms with Gasteiger partial charge in [-0.25, -0.2) is 8.42 Å². The molecule has 16 heavy (non-hydrogen) atoms. The van der Waals surface area contributed by atoms with E-state index in [0.717, 1.165) is 12.2 Å². The standard InChI is InChI=1S/C11H19NO3S/c1-3-10(11-6-4-8-15-11)12-7-5-9-16(2,13)14/h4,6,8,10,12H,3,5,7,9H2,1-2H3. The first-order valence-corrected chi connectivity index (χ1v) is 7.53. The maximum atomic E-state index is 10.9. The van der Waals surface area contributed by atoms with Gasteiger partial charge in [-0.1, -0.05) is 6.92 Å². The summed E-state index contributed by atoms with van der Waals surface area (Å²) in [4.78, 5) is 0. The predicted octanol–water partition coefficient (Wildman–Crippen LogP) is 1.76. The lowest BCUT2D eigenvalue weighted by Crippen LogP contribution is -2.23. The fourth-order valence-corrected chi connectivity index (χ4v) is 2.22. The van der Waals surface area contributed by atoms with Crippen molar-refractivity contribution >= 4 is 9.84 Å². The number of rotatable bonds is 7. The van der Waals surface area contributed by atoms with Crippen LogP contribution >= 0.6 is 0 Å². The molecule has 1 N–H and O–H groups in total. The minimum atomic E-state index is -2.85. The van der Waals surface area contributed by atoms with Gasteiger partial charge in [0.05, 0.1) is 18.1 Å². The lowest BCUT2D eigenvalue weighted by Gasteiger charge is -2.13. The maximum absolute atomic E-state index is 10.9. The fourth-order valence-electron chi connectivity index (χ4n) is 1.55. The maximum Gasteiger partial charge on any atom is 0.147 e. The summed E-state index contributed by atoms with van der Waals surface area (Å²) >= 11 is 0. The van der Waals surface area contributed by atoms with E-state index in [-0.39, 0.29) is 11.8 Å². The van der Waals surface area contributed by atoms with Gasteiger partial charge in [-0.2, -0.15) is 0 Å². The van der Waals surface area contributed by atoms with Crippen molar-refractivity contribution in [3.8, 4) is 0 Å². The van der Waals surface area contributed by atoms with E-state index in [1.165, 1.54) is 6.26 Å². The van der Waals surface area contributed by atoms with Crippen LogP contribution in [0.15, 0.2) is 22.8 Å². The van der Waals surface area contributed by atoms with Crippen LogP contribution in [-0.2, 0) is 9.84 Å². The molecule has 92 valence electrons. The quantitative estimate of drug-likeness (QED) is 0.744. The highest BCUT2D eigenvalue weighted by atomic mass is 32.2. The summed E-state index contributed by atoms with van der Waals surface area (Å²) in [6.07, 6.45) is 4.47. The minimum absolute atomic E-state index is 0.176. The Morgan fingerprint density at radius 2 is 2.25 bits per heavy atom. The van der Waals surface area contributed by atoms with Crippen LogP contribution in [0.1, 0.15) is 31.6 Å². The van der Waals surface area contributed by atoms with Crippen molar-refractivity contribution in [2.75, 3.05) is 18.6 Å². The number of hydrogen-bond acceptors (Lipinski definition) is 4. The number of nitrogens with one attached hydrogen (secondary N) is 1. The van der Waals surface area contributed by atoms with Crippen molar-refractivity contribution in [2.24, 2.45) is 0 Å². The van der Waals surface area contributed by atoms with Crippen LogP contribution < -0.4 is 5.32 Å². The third kappa shape index (κ3) is 4.81. The molecule has 5 heteroatoms. The normalized spacial score (nSPS) is 13.9. The van der Waals surface area contributed by atoms with E-state index in [4.69, 9.17) is 4.42 Å². The molecule has 1 heterocycles. The Labute approximate surface area is 97.0 Å². The van der Waals surface area contributed by atoms with Crippen LogP contribution in [0.5, 0.6) is 0 Å².